The van der Waals surface area contributed by atoms with Crippen LogP contribution in [0.5, 0.6) is 5.75 Å². The number of halogens is 2. The van der Waals surface area contributed by atoms with Gasteiger partial charge in [-0.05, 0) is 55.3 Å². The second-order valence-electron chi connectivity index (χ2n) is 6.84. The van der Waals surface area contributed by atoms with E-state index in [2.05, 4.69) is 0 Å². The Balaban J connectivity index is 1.52. The Morgan fingerprint density at radius 3 is 2.25 bits per heavy atom. The van der Waals surface area contributed by atoms with Crippen molar-refractivity contribution in [2.24, 2.45) is 0 Å². The number of carbonyl (C=O) groups is 2. The fourth-order valence-corrected chi connectivity index (χ4v) is 3.50. The van der Waals surface area contributed by atoms with Gasteiger partial charge in [-0.1, -0.05) is 29.3 Å². The molecule has 0 bridgehead atoms. The van der Waals surface area contributed by atoms with E-state index in [0.29, 0.717) is 47.5 Å². The molecule has 7 heteroatoms. The molecule has 0 unspecified atom stereocenters. The van der Waals surface area contributed by atoms with Gasteiger partial charge in [0.2, 0.25) is 0 Å². The third-order valence-corrected chi connectivity index (χ3v) is 5.45. The highest BCUT2D eigenvalue weighted by atomic mass is 35.5. The number of hydrogen-bond acceptors (Lipinski definition) is 3. The molecular formula is C21H22Cl2N2O3. The number of hydrogen-bond donors (Lipinski definition) is 0. The summed E-state index contributed by atoms with van der Waals surface area (Å²) in [7, 11) is 0. The fraction of sp³-hybridized carbons (Fsp3) is 0.333. The number of aryl methyl sites for hydroxylation is 2. The lowest BCUT2D eigenvalue weighted by atomic mass is 10.1. The van der Waals surface area contributed by atoms with Gasteiger partial charge in [-0.15, -0.1) is 0 Å². The van der Waals surface area contributed by atoms with Crippen molar-refractivity contribution in [3.8, 4) is 5.75 Å². The number of carbonyl (C=O) groups excluding carboxylic acids is 2. The Hall–Kier alpha value is -2.24. The third-order valence-electron chi connectivity index (χ3n) is 4.92. The average molecular weight is 421 g/mol. The van der Waals surface area contributed by atoms with Crippen molar-refractivity contribution in [3.63, 3.8) is 0 Å². The molecule has 2 aromatic rings. The van der Waals surface area contributed by atoms with Crippen LogP contribution in [0.4, 0.5) is 0 Å². The largest absolute Gasteiger partial charge is 0.482 e. The van der Waals surface area contributed by atoms with Gasteiger partial charge in [0, 0.05) is 36.8 Å². The van der Waals surface area contributed by atoms with E-state index >= 15 is 0 Å². The van der Waals surface area contributed by atoms with Crippen LogP contribution in [0.25, 0.3) is 0 Å². The Morgan fingerprint density at radius 2 is 1.61 bits per heavy atom. The van der Waals surface area contributed by atoms with Crippen LogP contribution >= 0.6 is 23.2 Å². The molecular weight excluding hydrogens is 399 g/mol. The first-order chi connectivity index (χ1) is 13.3. The van der Waals surface area contributed by atoms with Crippen molar-refractivity contribution < 1.29 is 14.3 Å². The first-order valence-electron chi connectivity index (χ1n) is 9.07. The molecule has 3 rings (SSSR count). The smallest absolute Gasteiger partial charge is 0.260 e. The zero-order valence-electron chi connectivity index (χ0n) is 15.9. The number of rotatable bonds is 4. The topological polar surface area (TPSA) is 49.9 Å². The van der Waals surface area contributed by atoms with E-state index in [9.17, 15) is 9.59 Å². The molecule has 0 saturated carbocycles. The molecule has 5 nitrogen and oxygen atoms in total. The minimum atomic E-state index is -0.135. The van der Waals surface area contributed by atoms with Crippen molar-refractivity contribution in [2.75, 3.05) is 32.8 Å². The minimum Gasteiger partial charge on any atom is -0.482 e. The van der Waals surface area contributed by atoms with Crippen LogP contribution in [-0.4, -0.2) is 54.4 Å². The first kappa shape index (κ1) is 20.5. The summed E-state index contributed by atoms with van der Waals surface area (Å²) in [5.74, 6) is 0.284. The highest BCUT2D eigenvalue weighted by Gasteiger charge is 2.25. The van der Waals surface area contributed by atoms with Crippen LogP contribution < -0.4 is 4.74 Å². The normalized spacial score (nSPS) is 14.1. The Kier molecular flexibility index (Phi) is 6.47. The lowest BCUT2D eigenvalue weighted by Crippen LogP contribution is -2.51. The number of ether oxygens (including phenoxy) is 1. The number of nitrogens with zero attached hydrogens (tertiary/aromatic N) is 2. The van der Waals surface area contributed by atoms with Crippen molar-refractivity contribution in [3.05, 3.63) is 63.1 Å². The van der Waals surface area contributed by atoms with Crippen LogP contribution in [-0.2, 0) is 4.79 Å². The van der Waals surface area contributed by atoms with E-state index in [1.165, 1.54) is 0 Å². The van der Waals surface area contributed by atoms with Crippen LogP contribution in [0.2, 0.25) is 10.0 Å². The van der Waals surface area contributed by atoms with Gasteiger partial charge >= 0.3 is 0 Å². The number of piperazine rings is 1. The molecule has 0 aliphatic carbocycles. The van der Waals surface area contributed by atoms with E-state index in [0.717, 1.165) is 11.1 Å². The standard InChI is InChI=1S/C21H22Cl2N2O3/c1-14-3-4-16(11-15(14)2)21(27)25-9-7-24(8-10-25)20(26)13-28-19-6-5-17(22)12-18(19)23/h3-6,11-12H,7-10,13H2,1-2H3. The minimum absolute atomic E-state index is 0.000560. The van der Waals surface area contributed by atoms with Crippen molar-refractivity contribution >= 4 is 35.0 Å². The molecule has 2 aromatic carbocycles. The van der Waals surface area contributed by atoms with Gasteiger partial charge in [-0.25, -0.2) is 0 Å². The first-order valence-corrected chi connectivity index (χ1v) is 9.83. The van der Waals surface area contributed by atoms with Crippen LogP contribution in [0.3, 0.4) is 0 Å². The van der Waals surface area contributed by atoms with E-state index in [1.807, 2.05) is 32.0 Å². The molecule has 1 fully saturated rings. The third kappa shape index (κ3) is 4.78. The van der Waals surface area contributed by atoms with Gasteiger partial charge in [0.25, 0.3) is 11.8 Å². The van der Waals surface area contributed by atoms with E-state index in [4.69, 9.17) is 27.9 Å². The van der Waals surface area contributed by atoms with Crippen LogP contribution in [0.15, 0.2) is 36.4 Å². The highest BCUT2D eigenvalue weighted by Crippen LogP contribution is 2.27. The molecule has 1 saturated heterocycles. The van der Waals surface area contributed by atoms with Gasteiger partial charge in [-0.3, -0.25) is 9.59 Å². The Morgan fingerprint density at radius 1 is 0.929 bits per heavy atom. The molecule has 0 N–H and O–H groups in total. The van der Waals surface area contributed by atoms with Crippen molar-refractivity contribution in [2.45, 2.75) is 13.8 Å². The van der Waals surface area contributed by atoms with Crippen molar-refractivity contribution in [1.29, 1.82) is 0 Å². The monoisotopic (exact) mass is 420 g/mol. The predicted molar refractivity (Wildman–Crippen MR) is 110 cm³/mol. The summed E-state index contributed by atoms with van der Waals surface area (Å²) < 4.78 is 5.51. The SMILES string of the molecule is Cc1ccc(C(=O)N2CCN(C(=O)COc3ccc(Cl)cc3Cl)CC2)cc1C. The molecule has 1 aliphatic heterocycles. The summed E-state index contributed by atoms with van der Waals surface area (Å²) in [6.07, 6.45) is 0. The maximum Gasteiger partial charge on any atom is 0.260 e. The lowest BCUT2D eigenvalue weighted by molar-refractivity contribution is -0.134. The average Bonchev–Trinajstić information content (AvgIpc) is 2.69. The second-order valence-corrected chi connectivity index (χ2v) is 7.68. The second kappa shape index (κ2) is 8.84. The van der Waals surface area contributed by atoms with Gasteiger partial charge in [-0.2, -0.15) is 0 Å². The summed E-state index contributed by atoms with van der Waals surface area (Å²) >= 11 is 11.9. The molecule has 148 valence electrons. The van der Waals surface area contributed by atoms with E-state index < -0.39 is 0 Å². The maximum absolute atomic E-state index is 12.7. The summed E-state index contributed by atoms with van der Waals surface area (Å²) in [5.41, 5.74) is 2.94. The zero-order valence-corrected chi connectivity index (χ0v) is 17.4. The van der Waals surface area contributed by atoms with Gasteiger partial charge in [0.1, 0.15) is 5.75 Å². The zero-order chi connectivity index (χ0) is 20.3. The van der Waals surface area contributed by atoms with E-state index in [-0.39, 0.29) is 18.4 Å². The Labute approximate surface area is 174 Å². The summed E-state index contributed by atoms with van der Waals surface area (Å²) in [5, 5.41) is 0.873. The van der Waals surface area contributed by atoms with Gasteiger partial charge in [0.15, 0.2) is 6.61 Å². The summed E-state index contributed by atoms with van der Waals surface area (Å²) in [4.78, 5) is 28.6. The van der Waals surface area contributed by atoms with Crippen LogP contribution in [0.1, 0.15) is 21.5 Å². The number of amides is 2. The molecule has 0 atom stereocenters. The highest BCUT2D eigenvalue weighted by molar-refractivity contribution is 6.35. The molecule has 0 radical (unpaired) electrons. The Bertz CT molecular complexity index is 893. The quantitative estimate of drug-likeness (QED) is 0.751. The fourth-order valence-electron chi connectivity index (χ4n) is 3.04. The maximum atomic E-state index is 12.7. The van der Waals surface area contributed by atoms with E-state index in [1.54, 1.807) is 28.0 Å². The molecule has 1 heterocycles. The predicted octanol–water partition coefficient (Wildman–Crippen LogP) is 3.97. The molecule has 28 heavy (non-hydrogen) atoms. The number of benzene rings is 2. The van der Waals surface area contributed by atoms with Crippen LogP contribution in [0, 0.1) is 13.8 Å². The summed E-state index contributed by atoms with van der Waals surface area (Å²) in [6, 6.07) is 10.6. The van der Waals surface area contributed by atoms with Crippen molar-refractivity contribution in [1.82, 2.24) is 9.80 Å². The van der Waals surface area contributed by atoms with Gasteiger partial charge < -0.3 is 14.5 Å². The molecule has 2 amide bonds. The molecule has 0 spiro atoms. The molecule has 0 aromatic heterocycles. The summed E-state index contributed by atoms with van der Waals surface area (Å²) in [6.45, 7) is 5.87. The molecule has 1 aliphatic rings. The lowest BCUT2D eigenvalue weighted by Gasteiger charge is -2.34. The van der Waals surface area contributed by atoms with Gasteiger partial charge in [0.05, 0.1) is 5.02 Å².